The topological polar surface area (TPSA) is 114 Å². The second-order valence-corrected chi connectivity index (χ2v) is 9.64. The van der Waals surface area contributed by atoms with Gasteiger partial charge in [0.25, 0.3) is 0 Å². The number of nitrogens with zero attached hydrogens (tertiary/aromatic N) is 6. The summed E-state index contributed by atoms with van der Waals surface area (Å²) in [5.41, 5.74) is 4.30. The van der Waals surface area contributed by atoms with Crippen LogP contribution in [0.3, 0.4) is 0 Å². The molecule has 1 aliphatic rings. The molecule has 0 radical (unpaired) electrons. The van der Waals surface area contributed by atoms with Crippen molar-refractivity contribution in [3.05, 3.63) is 71.1 Å². The van der Waals surface area contributed by atoms with Gasteiger partial charge < -0.3 is 20.6 Å². The molecule has 0 amide bonds. The second kappa shape index (κ2) is 11.1. The van der Waals surface area contributed by atoms with Crippen molar-refractivity contribution in [2.45, 2.75) is 31.8 Å². The number of anilines is 2. The van der Waals surface area contributed by atoms with Crippen LogP contribution in [0.5, 0.6) is 0 Å². The summed E-state index contributed by atoms with van der Waals surface area (Å²) in [5, 5.41) is 26.4. The monoisotopic (exact) mass is 516 g/mol. The Morgan fingerprint density at radius 1 is 1.19 bits per heavy atom. The summed E-state index contributed by atoms with van der Waals surface area (Å²) in [7, 11) is 0. The van der Waals surface area contributed by atoms with Gasteiger partial charge in [0.15, 0.2) is 5.65 Å². The molecule has 0 unspecified atom stereocenters. The van der Waals surface area contributed by atoms with Crippen LogP contribution < -0.4 is 10.6 Å². The number of hydrogen-bond donors (Lipinski definition) is 3. The summed E-state index contributed by atoms with van der Waals surface area (Å²) in [6.07, 6.45) is 7.14. The van der Waals surface area contributed by atoms with Crippen LogP contribution in [-0.2, 0) is 0 Å². The SMILES string of the molecule is C[C@H](Nc1ncc(C#N)c(-c2cnc3c(Cl)cccn23)n1)c1cccc(NC2CCN(CCO)CC2)c1. The summed E-state index contributed by atoms with van der Waals surface area (Å²) in [6, 6.07) is 14.5. The molecule has 10 heteroatoms. The number of benzene rings is 1. The smallest absolute Gasteiger partial charge is 0.223 e. The minimum atomic E-state index is -0.0643. The highest BCUT2D eigenvalue weighted by Crippen LogP contribution is 2.28. The lowest BCUT2D eigenvalue weighted by Gasteiger charge is -2.32. The van der Waals surface area contributed by atoms with E-state index >= 15 is 0 Å². The zero-order valence-electron chi connectivity index (χ0n) is 20.6. The molecule has 0 bridgehead atoms. The fraction of sp³-hybridized carbons (Fsp3) is 0.333. The van der Waals surface area contributed by atoms with Crippen LogP contribution in [0.1, 0.15) is 36.9 Å². The number of rotatable bonds is 8. The number of pyridine rings is 1. The first-order valence-electron chi connectivity index (χ1n) is 12.4. The summed E-state index contributed by atoms with van der Waals surface area (Å²) in [6.45, 7) is 5.00. The molecule has 9 nitrogen and oxygen atoms in total. The van der Waals surface area contributed by atoms with Gasteiger partial charge in [-0.25, -0.2) is 15.0 Å². The molecule has 0 spiro atoms. The molecule has 4 heterocycles. The Balaban J connectivity index is 1.32. The molecule has 1 saturated heterocycles. The van der Waals surface area contributed by atoms with E-state index in [2.05, 4.69) is 61.7 Å². The maximum atomic E-state index is 9.67. The van der Waals surface area contributed by atoms with Gasteiger partial charge in [-0.2, -0.15) is 5.26 Å². The third-order valence-electron chi connectivity index (χ3n) is 6.75. The Hall–Kier alpha value is -3.71. The van der Waals surface area contributed by atoms with Gasteiger partial charge in [-0.1, -0.05) is 23.7 Å². The molecule has 3 N–H and O–H groups in total. The maximum Gasteiger partial charge on any atom is 0.223 e. The number of halogens is 1. The highest BCUT2D eigenvalue weighted by molar-refractivity contribution is 6.33. The molecule has 0 saturated carbocycles. The predicted octanol–water partition coefficient (Wildman–Crippen LogP) is 4.36. The fourth-order valence-corrected chi connectivity index (χ4v) is 4.95. The van der Waals surface area contributed by atoms with E-state index in [1.54, 1.807) is 12.3 Å². The first-order chi connectivity index (χ1) is 18.1. The summed E-state index contributed by atoms with van der Waals surface area (Å²) < 4.78 is 1.82. The molecular formula is C27H29ClN8O. The summed E-state index contributed by atoms with van der Waals surface area (Å²) in [5.74, 6) is 0.424. The number of imidazole rings is 1. The normalized spacial score (nSPS) is 15.4. The molecule has 1 aromatic carbocycles. The number of nitrogens with one attached hydrogen (secondary N) is 2. The lowest BCUT2D eigenvalue weighted by atomic mass is 10.0. The molecule has 5 rings (SSSR count). The van der Waals surface area contributed by atoms with Crippen molar-refractivity contribution in [1.29, 1.82) is 5.26 Å². The lowest BCUT2D eigenvalue weighted by Crippen LogP contribution is -2.40. The van der Waals surface area contributed by atoms with Crippen LogP contribution in [-0.4, -0.2) is 61.6 Å². The average Bonchev–Trinajstić information content (AvgIpc) is 3.35. The Kier molecular flexibility index (Phi) is 7.51. The van der Waals surface area contributed by atoms with E-state index in [9.17, 15) is 5.26 Å². The Morgan fingerprint density at radius 3 is 2.81 bits per heavy atom. The molecule has 37 heavy (non-hydrogen) atoms. The summed E-state index contributed by atoms with van der Waals surface area (Å²) >= 11 is 6.28. The molecule has 190 valence electrons. The van der Waals surface area contributed by atoms with E-state index in [0.29, 0.717) is 39.6 Å². The molecule has 0 aliphatic carbocycles. The zero-order chi connectivity index (χ0) is 25.8. The van der Waals surface area contributed by atoms with Crippen molar-refractivity contribution in [2.75, 3.05) is 36.9 Å². The average molecular weight is 517 g/mol. The lowest BCUT2D eigenvalue weighted by molar-refractivity contribution is 0.168. The quantitative estimate of drug-likeness (QED) is 0.316. The molecule has 1 aliphatic heterocycles. The number of piperidine rings is 1. The Bertz CT molecular complexity index is 1420. The third-order valence-corrected chi connectivity index (χ3v) is 7.04. The number of aliphatic hydroxyl groups excluding tert-OH is 1. The highest BCUT2D eigenvalue weighted by Gasteiger charge is 2.19. The maximum absolute atomic E-state index is 9.67. The van der Waals surface area contributed by atoms with Crippen LogP contribution >= 0.6 is 11.6 Å². The van der Waals surface area contributed by atoms with Crippen LogP contribution in [0, 0.1) is 11.3 Å². The molecule has 1 fully saturated rings. The molecule has 3 aromatic heterocycles. The van der Waals surface area contributed by atoms with E-state index in [-0.39, 0.29) is 12.6 Å². The van der Waals surface area contributed by atoms with Crippen molar-refractivity contribution in [2.24, 2.45) is 0 Å². The van der Waals surface area contributed by atoms with Crippen LogP contribution in [0.2, 0.25) is 5.02 Å². The largest absolute Gasteiger partial charge is 0.395 e. The van der Waals surface area contributed by atoms with E-state index in [1.165, 1.54) is 6.20 Å². The van der Waals surface area contributed by atoms with Crippen LogP contribution in [0.15, 0.2) is 55.0 Å². The Labute approximate surface area is 220 Å². The minimum Gasteiger partial charge on any atom is -0.395 e. The first kappa shape index (κ1) is 25.0. The van der Waals surface area contributed by atoms with Crippen LogP contribution in [0.25, 0.3) is 17.0 Å². The van der Waals surface area contributed by atoms with Gasteiger partial charge >= 0.3 is 0 Å². The van der Waals surface area contributed by atoms with Gasteiger partial charge in [0.05, 0.1) is 41.3 Å². The van der Waals surface area contributed by atoms with E-state index in [0.717, 1.165) is 43.7 Å². The number of aromatic nitrogens is 4. The first-order valence-corrected chi connectivity index (χ1v) is 12.8. The zero-order valence-corrected chi connectivity index (χ0v) is 21.4. The van der Waals surface area contributed by atoms with Crippen molar-refractivity contribution < 1.29 is 5.11 Å². The van der Waals surface area contributed by atoms with Crippen LogP contribution in [0.4, 0.5) is 11.6 Å². The van der Waals surface area contributed by atoms with E-state index < -0.39 is 0 Å². The van der Waals surface area contributed by atoms with Crippen molar-refractivity contribution in [3.8, 4) is 17.5 Å². The van der Waals surface area contributed by atoms with Gasteiger partial charge in [-0.15, -0.1) is 0 Å². The van der Waals surface area contributed by atoms with Gasteiger partial charge in [0.2, 0.25) is 5.95 Å². The second-order valence-electron chi connectivity index (χ2n) is 9.24. The van der Waals surface area contributed by atoms with E-state index in [1.807, 2.05) is 22.7 Å². The highest BCUT2D eigenvalue weighted by atomic mass is 35.5. The predicted molar refractivity (Wildman–Crippen MR) is 145 cm³/mol. The number of fused-ring (bicyclic) bond motifs is 1. The third kappa shape index (κ3) is 5.52. The number of nitriles is 1. The van der Waals surface area contributed by atoms with Crippen molar-refractivity contribution >= 4 is 28.9 Å². The number of hydrogen-bond acceptors (Lipinski definition) is 8. The summed E-state index contributed by atoms with van der Waals surface area (Å²) in [4.78, 5) is 15.8. The Morgan fingerprint density at radius 2 is 2.03 bits per heavy atom. The van der Waals surface area contributed by atoms with E-state index in [4.69, 9.17) is 16.7 Å². The number of likely N-dealkylation sites (tertiary alicyclic amines) is 1. The molecule has 4 aromatic rings. The minimum absolute atomic E-state index is 0.0643. The molecular weight excluding hydrogens is 488 g/mol. The standard InChI is InChI=1S/C27H29ClN8O/c1-18(19-4-2-5-22(14-19)33-21-7-10-35(11-8-21)12-13-37)32-27-31-16-20(15-29)25(34-27)24-17-30-26-23(28)6-3-9-36(24)26/h2-6,9,14,16-18,21,33,37H,7-8,10-13H2,1H3,(H,31,32,34)/t18-/m0/s1. The van der Waals surface area contributed by atoms with Gasteiger partial charge in [-0.3, -0.25) is 4.40 Å². The number of aliphatic hydroxyl groups is 1. The van der Waals surface area contributed by atoms with Gasteiger partial charge in [0, 0.05) is 37.6 Å². The van der Waals surface area contributed by atoms with Crippen molar-refractivity contribution in [3.63, 3.8) is 0 Å². The van der Waals surface area contributed by atoms with Crippen molar-refractivity contribution in [1.82, 2.24) is 24.3 Å². The van der Waals surface area contributed by atoms with Gasteiger partial charge in [0.1, 0.15) is 11.8 Å². The van der Waals surface area contributed by atoms with Gasteiger partial charge in [-0.05, 0) is 49.6 Å². The fourth-order valence-electron chi connectivity index (χ4n) is 4.73. The number of β-amino-alcohol motifs (C(OH)–C–C–N with tert-alkyl or cyclic N) is 1. The molecule has 1 atom stereocenters.